The molecule has 7 heteroatoms. The van der Waals surface area contributed by atoms with Crippen molar-refractivity contribution in [3.8, 4) is 5.69 Å². The normalized spacial score (nSPS) is 20.0. The van der Waals surface area contributed by atoms with Crippen LogP contribution in [0.3, 0.4) is 0 Å². The Kier molecular flexibility index (Phi) is 4.82. The Labute approximate surface area is 152 Å². The van der Waals surface area contributed by atoms with Crippen LogP contribution in [0.2, 0.25) is 0 Å². The van der Waals surface area contributed by atoms with E-state index in [0.29, 0.717) is 17.3 Å². The minimum Gasteiger partial charge on any atom is -0.478 e. The lowest BCUT2D eigenvalue weighted by molar-refractivity contribution is 0.0693. The molecule has 0 radical (unpaired) electrons. The molecule has 2 heterocycles. The molecule has 138 valence electrons. The molecule has 1 aliphatic heterocycles. The van der Waals surface area contributed by atoms with E-state index in [1.807, 2.05) is 19.0 Å². The number of benzene rings is 1. The second kappa shape index (κ2) is 6.92. The van der Waals surface area contributed by atoms with Crippen LogP contribution in [0.15, 0.2) is 30.5 Å². The van der Waals surface area contributed by atoms with Crippen LogP contribution in [0, 0.1) is 6.92 Å². The Morgan fingerprint density at radius 2 is 1.88 bits per heavy atom. The van der Waals surface area contributed by atoms with E-state index in [4.69, 9.17) is 5.11 Å². The van der Waals surface area contributed by atoms with E-state index in [9.17, 15) is 9.59 Å². The van der Waals surface area contributed by atoms with Gasteiger partial charge in [-0.3, -0.25) is 4.79 Å². The van der Waals surface area contributed by atoms with Crippen molar-refractivity contribution in [1.82, 2.24) is 19.6 Å². The minimum absolute atomic E-state index is 0.0248. The van der Waals surface area contributed by atoms with Crippen LogP contribution in [0.1, 0.15) is 39.8 Å². The molecule has 1 saturated heterocycles. The minimum atomic E-state index is -1.00. The maximum absolute atomic E-state index is 12.8. The van der Waals surface area contributed by atoms with Crippen molar-refractivity contribution in [3.05, 3.63) is 47.3 Å². The van der Waals surface area contributed by atoms with Crippen molar-refractivity contribution in [1.29, 1.82) is 0 Å². The molecule has 0 saturated carbocycles. The van der Waals surface area contributed by atoms with Gasteiger partial charge in [0.05, 0.1) is 17.6 Å². The lowest BCUT2D eigenvalue weighted by atomic mass is 10.1. The third kappa shape index (κ3) is 3.10. The maximum Gasteiger partial charge on any atom is 0.339 e. The average molecular weight is 356 g/mol. The molecular weight excluding hydrogens is 332 g/mol. The van der Waals surface area contributed by atoms with Crippen molar-refractivity contribution in [2.75, 3.05) is 20.6 Å². The lowest BCUT2D eigenvalue weighted by Gasteiger charge is -2.28. The summed E-state index contributed by atoms with van der Waals surface area (Å²) in [5.74, 6) is -0.976. The fourth-order valence-electron chi connectivity index (χ4n) is 3.69. The zero-order chi connectivity index (χ0) is 19.0. The number of aromatic nitrogens is 2. The highest BCUT2D eigenvalue weighted by Crippen LogP contribution is 2.24. The molecule has 2 aromatic rings. The van der Waals surface area contributed by atoms with Crippen LogP contribution in [0.25, 0.3) is 5.69 Å². The van der Waals surface area contributed by atoms with Crippen LogP contribution in [0.5, 0.6) is 0 Å². The van der Waals surface area contributed by atoms with Gasteiger partial charge in [0.2, 0.25) is 0 Å². The van der Waals surface area contributed by atoms with E-state index < -0.39 is 5.97 Å². The fourth-order valence-corrected chi connectivity index (χ4v) is 3.69. The molecule has 0 bridgehead atoms. The fraction of sp³-hybridized carbons (Fsp3) is 0.421. The first kappa shape index (κ1) is 18.1. The molecule has 0 aliphatic carbocycles. The number of nitrogens with zero attached hydrogens (tertiary/aromatic N) is 4. The third-order valence-corrected chi connectivity index (χ3v) is 5.24. The van der Waals surface area contributed by atoms with Crippen LogP contribution in [-0.2, 0) is 0 Å². The Hall–Kier alpha value is -2.67. The van der Waals surface area contributed by atoms with Crippen molar-refractivity contribution in [3.63, 3.8) is 0 Å². The lowest BCUT2D eigenvalue weighted by Crippen LogP contribution is -2.42. The molecule has 1 fully saturated rings. The van der Waals surface area contributed by atoms with Crippen molar-refractivity contribution < 1.29 is 14.7 Å². The molecule has 2 unspecified atom stereocenters. The van der Waals surface area contributed by atoms with Gasteiger partial charge >= 0.3 is 5.97 Å². The van der Waals surface area contributed by atoms with E-state index in [1.54, 1.807) is 35.9 Å². The molecular formula is C19H24N4O3. The van der Waals surface area contributed by atoms with E-state index in [2.05, 4.69) is 16.9 Å². The zero-order valence-corrected chi connectivity index (χ0v) is 15.5. The first-order valence-electron chi connectivity index (χ1n) is 8.67. The summed E-state index contributed by atoms with van der Waals surface area (Å²) in [4.78, 5) is 28.1. The molecule has 26 heavy (non-hydrogen) atoms. The number of likely N-dealkylation sites (N-methyl/N-ethyl adjacent to an activating group) is 1. The number of rotatable bonds is 4. The summed E-state index contributed by atoms with van der Waals surface area (Å²) in [6, 6.07) is 7.68. The van der Waals surface area contributed by atoms with Crippen molar-refractivity contribution >= 4 is 11.9 Å². The van der Waals surface area contributed by atoms with Gasteiger partial charge < -0.3 is 14.9 Å². The van der Waals surface area contributed by atoms with E-state index in [1.165, 1.54) is 6.20 Å². The zero-order valence-electron chi connectivity index (χ0n) is 15.5. The Balaban J connectivity index is 1.80. The molecule has 1 amide bonds. The van der Waals surface area contributed by atoms with Crippen LogP contribution < -0.4 is 0 Å². The van der Waals surface area contributed by atoms with Gasteiger partial charge in [-0.05, 0) is 58.6 Å². The second-order valence-electron chi connectivity index (χ2n) is 6.97. The van der Waals surface area contributed by atoms with Crippen molar-refractivity contribution in [2.45, 2.75) is 32.4 Å². The quantitative estimate of drug-likeness (QED) is 0.907. The Morgan fingerprint density at radius 1 is 1.23 bits per heavy atom. The monoisotopic (exact) mass is 356 g/mol. The predicted molar refractivity (Wildman–Crippen MR) is 97.9 cm³/mol. The summed E-state index contributed by atoms with van der Waals surface area (Å²) in [5.41, 5.74) is 2.08. The van der Waals surface area contributed by atoms with Gasteiger partial charge in [0.25, 0.3) is 5.91 Å². The van der Waals surface area contributed by atoms with Crippen LogP contribution in [-0.4, -0.2) is 69.3 Å². The van der Waals surface area contributed by atoms with Gasteiger partial charge in [-0.25, -0.2) is 9.48 Å². The largest absolute Gasteiger partial charge is 0.478 e. The number of hydrogen-bond donors (Lipinski definition) is 1. The number of carboxylic acids is 1. The summed E-state index contributed by atoms with van der Waals surface area (Å²) < 4.78 is 1.57. The van der Waals surface area contributed by atoms with E-state index in [-0.39, 0.29) is 17.5 Å². The number of hydrogen-bond acceptors (Lipinski definition) is 4. The number of amides is 1. The number of likely N-dealkylation sites (tertiary alicyclic amines) is 1. The van der Waals surface area contributed by atoms with Crippen molar-refractivity contribution in [2.24, 2.45) is 0 Å². The standard InChI is InChI=1S/C19H24N4O3/c1-12-16(19(25)26)11-20-23(12)15-7-5-14(6-8-15)18(24)22-10-9-17(13(22)2)21(3)4/h5-8,11,13,17H,9-10H2,1-4H3,(H,25,26). The topological polar surface area (TPSA) is 78.7 Å². The smallest absolute Gasteiger partial charge is 0.339 e. The second-order valence-corrected chi connectivity index (χ2v) is 6.97. The third-order valence-electron chi connectivity index (χ3n) is 5.24. The summed E-state index contributed by atoms with van der Waals surface area (Å²) in [7, 11) is 4.09. The molecule has 7 nitrogen and oxygen atoms in total. The van der Waals surface area contributed by atoms with Crippen LogP contribution >= 0.6 is 0 Å². The van der Waals surface area contributed by atoms with Gasteiger partial charge in [-0.15, -0.1) is 0 Å². The first-order valence-corrected chi connectivity index (χ1v) is 8.67. The van der Waals surface area contributed by atoms with E-state index >= 15 is 0 Å². The van der Waals surface area contributed by atoms with Gasteiger partial charge in [-0.1, -0.05) is 0 Å². The Morgan fingerprint density at radius 3 is 2.38 bits per heavy atom. The van der Waals surface area contributed by atoms with Gasteiger partial charge in [0.15, 0.2) is 0 Å². The van der Waals surface area contributed by atoms with Crippen LogP contribution in [0.4, 0.5) is 0 Å². The highest BCUT2D eigenvalue weighted by molar-refractivity contribution is 5.95. The molecule has 1 N–H and O–H groups in total. The highest BCUT2D eigenvalue weighted by Gasteiger charge is 2.35. The molecule has 2 atom stereocenters. The summed E-state index contributed by atoms with van der Waals surface area (Å²) in [6.45, 7) is 4.55. The molecule has 3 rings (SSSR count). The highest BCUT2D eigenvalue weighted by atomic mass is 16.4. The number of carbonyl (C=O) groups is 2. The maximum atomic E-state index is 12.8. The SMILES string of the molecule is Cc1c(C(=O)O)cnn1-c1ccc(C(=O)N2CCC(N(C)C)C2C)cc1. The molecule has 1 aromatic carbocycles. The van der Waals surface area contributed by atoms with Gasteiger partial charge in [0, 0.05) is 24.2 Å². The molecule has 0 spiro atoms. The summed E-state index contributed by atoms with van der Waals surface area (Å²) in [5, 5.41) is 13.3. The van der Waals surface area contributed by atoms with E-state index in [0.717, 1.165) is 18.7 Å². The first-order chi connectivity index (χ1) is 12.3. The summed E-state index contributed by atoms with van der Waals surface area (Å²) in [6.07, 6.45) is 2.31. The number of aromatic carboxylic acids is 1. The summed E-state index contributed by atoms with van der Waals surface area (Å²) >= 11 is 0. The van der Waals surface area contributed by atoms with Gasteiger partial charge in [-0.2, -0.15) is 5.10 Å². The number of carboxylic acid groups (broad SMARTS) is 1. The molecule has 1 aromatic heterocycles. The average Bonchev–Trinajstić information content (AvgIpc) is 3.17. The Bertz CT molecular complexity index is 826. The predicted octanol–water partition coefficient (Wildman–Crippen LogP) is 2.04. The molecule has 1 aliphatic rings. The number of carbonyl (C=O) groups excluding carboxylic acids is 1. The van der Waals surface area contributed by atoms with Gasteiger partial charge in [0.1, 0.15) is 5.56 Å².